The standard InChI is InChI=1S/C20H22ClNO5/c1-2-15(23)20-16(24)9-13(10-17(20)25)12-4-5-18-14(8-12)22(7-3-6-21)19(26)11-27-18/h4-5,8,13,20H,2-3,6-7,9-11H2,1H3. The van der Waals surface area contributed by atoms with Crippen molar-refractivity contribution in [3.8, 4) is 5.75 Å². The Kier molecular flexibility index (Phi) is 5.95. The van der Waals surface area contributed by atoms with Crippen molar-refractivity contribution in [2.24, 2.45) is 5.92 Å². The third-order valence-corrected chi connectivity index (χ3v) is 5.39. The van der Waals surface area contributed by atoms with E-state index < -0.39 is 5.92 Å². The molecule has 0 unspecified atom stereocenters. The minimum absolute atomic E-state index is 0.0180. The highest BCUT2D eigenvalue weighted by Gasteiger charge is 2.40. The van der Waals surface area contributed by atoms with E-state index in [0.717, 1.165) is 5.56 Å². The summed E-state index contributed by atoms with van der Waals surface area (Å²) in [5.74, 6) is -1.43. The second-order valence-electron chi connectivity index (χ2n) is 6.89. The van der Waals surface area contributed by atoms with Crippen LogP contribution in [0, 0.1) is 5.92 Å². The van der Waals surface area contributed by atoms with Gasteiger partial charge in [0.25, 0.3) is 5.91 Å². The second-order valence-corrected chi connectivity index (χ2v) is 7.27. The summed E-state index contributed by atoms with van der Waals surface area (Å²) >= 11 is 5.76. The van der Waals surface area contributed by atoms with Crippen LogP contribution in [0.4, 0.5) is 5.69 Å². The van der Waals surface area contributed by atoms with Crippen LogP contribution in [0.3, 0.4) is 0 Å². The van der Waals surface area contributed by atoms with Gasteiger partial charge in [0, 0.05) is 31.7 Å². The molecule has 0 saturated heterocycles. The summed E-state index contributed by atoms with van der Waals surface area (Å²) in [4.78, 5) is 50.5. The van der Waals surface area contributed by atoms with Crippen LogP contribution in [0.1, 0.15) is 44.1 Å². The number of nitrogens with zero attached hydrogens (tertiary/aromatic N) is 1. The Bertz CT molecular complexity index is 773. The number of halogens is 1. The quantitative estimate of drug-likeness (QED) is 0.550. The van der Waals surface area contributed by atoms with Crippen LogP contribution in [-0.2, 0) is 19.2 Å². The first kappa shape index (κ1) is 19.5. The lowest BCUT2D eigenvalue weighted by molar-refractivity contribution is -0.142. The van der Waals surface area contributed by atoms with Crippen molar-refractivity contribution in [2.45, 2.75) is 38.5 Å². The highest BCUT2D eigenvalue weighted by Crippen LogP contribution is 2.39. The molecule has 0 aromatic heterocycles. The highest BCUT2D eigenvalue weighted by atomic mass is 35.5. The Labute approximate surface area is 162 Å². The zero-order valence-corrected chi connectivity index (χ0v) is 16.0. The van der Waals surface area contributed by atoms with Gasteiger partial charge in [0.1, 0.15) is 11.7 Å². The molecule has 27 heavy (non-hydrogen) atoms. The first-order valence-corrected chi connectivity index (χ1v) is 9.71. The maximum Gasteiger partial charge on any atom is 0.265 e. The van der Waals surface area contributed by atoms with Gasteiger partial charge in [0.05, 0.1) is 5.69 Å². The van der Waals surface area contributed by atoms with Crippen molar-refractivity contribution in [3.05, 3.63) is 23.8 Å². The largest absolute Gasteiger partial charge is 0.482 e. The predicted octanol–water partition coefficient (Wildman–Crippen LogP) is 2.65. The number of amides is 1. The number of anilines is 1. The van der Waals surface area contributed by atoms with Crippen molar-refractivity contribution < 1.29 is 23.9 Å². The molecule has 0 N–H and O–H groups in total. The minimum atomic E-state index is -1.10. The van der Waals surface area contributed by atoms with Gasteiger partial charge < -0.3 is 9.64 Å². The maximum atomic E-state index is 12.4. The van der Waals surface area contributed by atoms with Crippen LogP contribution in [0.25, 0.3) is 0 Å². The Hall–Kier alpha value is -2.21. The molecule has 7 heteroatoms. The van der Waals surface area contributed by atoms with Crippen molar-refractivity contribution in [3.63, 3.8) is 0 Å². The molecule has 0 radical (unpaired) electrons. The molecule has 0 spiro atoms. The number of hydrogen-bond donors (Lipinski definition) is 0. The number of hydrogen-bond acceptors (Lipinski definition) is 5. The maximum absolute atomic E-state index is 12.4. The number of ether oxygens (including phenoxy) is 1. The lowest BCUT2D eigenvalue weighted by Crippen LogP contribution is -2.40. The molecule has 1 saturated carbocycles. The van der Waals surface area contributed by atoms with E-state index in [1.165, 1.54) is 0 Å². The number of ketones is 3. The van der Waals surface area contributed by atoms with Gasteiger partial charge in [-0.3, -0.25) is 19.2 Å². The molecule has 0 atom stereocenters. The minimum Gasteiger partial charge on any atom is -0.482 e. The van der Waals surface area contributed by atoms with Crippen LogP contribution >= 0.6 is 11.6 Å². The summed E-state index contributed by atoms with van der Waals surface area (Å²) in [5, 5.41) is 0. The Morgan fingerprint density at radius 2 is 1.93 bits per heavy atom. The van der Waals surface area contributed by atoms with E-state index in [4.69, 9.17) is 16.3 Å². The van der Waals surface area contributed by atoms with E-state index >= 15 is 0 Å². The first-order chi connectivity index (χ1) is 13.0. The van der Waals surface area contributed by atoms with Gasteiger partial charge >= 0.3 is 0 Å². The number of fused-ring (bicyclic) bond motifs is 1. The monoisotopic (exact) mass is 391 g/mol. The molecule has 1 amide bonds. The number of benzene rings is 1. The fraction of sp³-hybridized carbons (Fsp3) is 0.500. The van der Waals surface area contributed by atoms with Gasteiger partial charge in [0.2, 0.25) is 0 Å². The third kappa shape index (κ3) is 3.90. The Balaban J connectivity index is 1.86. The molecule has 2 aliphatic rings. The average molecular weight is 392 g/mol. The average Bonchev–Trinajstić information content (AvgIpc) is 2.66. The molecule has 1 fully saturated rings. The Morgan fingerprint density at radius 1 is 1.22 bits per heavy atom. The molecule has 1 aliphatic carbocycles. The van der Waals surface area contributed by atoms with Crippen LogP contribution < -0.4 is 9.64 Å². The van der Waals surface area contributed by atoms with E-state index in [2.05, 4.69) is 0 Å². The van der Waals surface area contributed by atoms with Crippen LogP contribution in [0.5, 0.6) is 5.75 Å². The van der Waals surface area contributed by atoms with Gasteiger partial charge in [-0.1, -0.05) is 13.0 Å². The summed E-state index contributed by atoms with van der Waals surface area (Å²) in [6, 6.07) is 5.40. The number of carbonyl (C=O) groups is 4. The predicted molar refractivity (Wildman–Crippen MR) is 100 cm³/mol. The van der Waals surface area contributed by atoms with Gasteiger partial charge in [-0.15, -0.1) is 11.6 Å². The van der Waals surface area contributed by atoms with Gasteiger partial charge in [-0.05, 0) is 30.0 Å². The summed E-state index contributed by atoms with van der Waals surface area (Å²) in [7, 11) is 0. The fourth-order valence-electron chi connectivity index (χ4n) is 3.71. The Morgan fingerprint density at radius 3 is 2.56 bits per heavy atom. The molecule has 3 rings (SSSR count). The van der Waals surface area contributed by atoms with Gasteiger partial charge in [-0.2, -0.15) is 0 Å². The van der Waals surface area contributed by atoms with Gasteiger partial charge in [0.15, 0.2) is 24.0 Å². The molecule has 6 nitrogen and oxygen atoms in total. The fourth-order valence-corrected chi connectivity index (χ4v) is 3.83. The zero-order chi connectivity index (χ0) is 19.6. The molecule has 1 aromatic rings. The van der Waals surface area contributed by atoms with E-state index in [9.17, 15) is 19.2 Å². The summed E-state index contributed by atoms with van der Waals surface area (Å²) in [6.45, 7) is 2.12. The van der Waals surface area contributed by atoms with Crippen LogP contribution in [0.2, 0.25) is 0 Å². The molecule has 1 heterocycles. The van der Waals surface area contributed by atoms with E-state index in [1.54, 1.807) is 17.9 Å². The number of Topliss-reactive ketones (excluding diaryl/α,β-unsaturated/α-hetero) is 3. The lowest BCUT2D eigenvalue weighted by atomic mass is 9.75. The third-order valence-electron chi connectivity index (χ3n) is 5.12. The number of carbonyl (C=O) groups excluding carboxylic acids is 4. The van der Waals surface area contributed by atoms with Crippen molar-refractivity contribution >= 4 is 40.5 Å². The highest BCUT2D eigenvalue weighted by molar-refractivity contribution is 6.21. The topological polar surface area (TPSA) is 80.8 Å². The smallest absolute Gasteiger partial charge is 0.265 e. The van der Waals surface area contributed by atoms with E-state index in [0.29, 0.717) is 30.3 Å². The molecule has 144 valence electrons. The molecular weight excluding hydrogens is 370 g/mol. The van der Waals surface area contributed by atoms with E-state index in [-0.39, 0.29) is 55.0 Å². The first-order valence-electron chi connectivity index (χ1n) is 9.17. The molecule has 1 aliphatic heterocycles. The second kappa shape index (κ2) is 8.21. The summed E-state index contributed by atoms with van der Waals surface area (Å²) < 4.78 is 5.49. The molecular formula is C20H22ClNO5. The van der Waals surface area contributed by atoms with Crippen molar-refractivity contribution in [1.29, 1.82) is 0 Å². The number of alkyl halides is 1. The lowest BCUT2D eigenvalue weighted by Gasteiger charge is -2.31. The normalized spacial score (nSPS) is 22.4. The molecule has 0 bridgehead atoms. The number of rotatable bonds is 6. The van der Waals surface area contributed by atoms with Crippen LogP contribution in [0.15, 0.2) is 18.2 Å². The van der Waals surface area contributed by atoms with Crippen molar-refractivity contribution in [1.82, 2.24) is 0 Å². The SMILES string of the molecule is CCC(=O)C1C(=O)CC(c2ccc3c(c2)N(CCCCl)C(=O)CO3)CC1=O. The summed E-state index contributed by atoms with van der Waals surface area (Å²) in [5.41, 5.74) is 1.44. The van der Waals surface area contributed by atoms with Gasteiger partial charge in [-0.25, -0.2) is 0 Å². The summed E-state index contributed by atoms with van der Waals surface area (Å²) in [6.07, 6.45) is 1.13. The zero-order valence-electron chi connectivity index (χ0n) is 15.2. The van der Waals surface area contributed by atoms with Crippen molar-refractivity contribution in [2.75, 3.05) is 23.9 Å². The molecule has 1 aromatic carbocycles. The van der Waals surface area contributed by atoms with E-state index in [1.807, 2.05) is 12.1 Å². The van der Waals surface area contributed by atoms with Crippen LogP contribution in [-0.4, -0.2) is 42.3 Å².